The Morgan fingerprint density at radius 1 is 1.32 bits per heavy atom. The Labute approximate surface area is 146 Å². The first-order valence-corrected chi connectivity index (χ1v) is 8.62. The number of imidazole rings is 1. The van der Waals surface area contributed by atoms with E-state index in [1.165, 1.54) is 0 Å². The molecule has 25 heavy (non-hydrogen) atoms. The summed E-state index contributed by atoms with van der Waals surface area (Å²) in [6.45, 7) is 3.76. The van der Waals surface area contributed by atoms with Gasteiger partial charge in [0.2, 0.25) is 0 Å². The lowest BCUT2D eigenvalue weighted by Crippen LogP contribution is -2.48. The molecule has 1 aromatic carbocycles. The maximum atomic E-state index is 12.6. The van der Waals surface area contributed by atoms with E-state index in [0.29, 0.717) is 5.56 Å². The molecule has 2 aromatic heterocycles. The molecule has 1 saturated heterocycles. The van der Waals surface area contributed by atoms with E-state index in [0.717, 1.165) is 48.5 Å². The molecule has 1 aliphatic heterocycles. The van der Waals surface area contributed by atoms with Crippen LogP contribution in [0, 0.1) is 6.92 Å². The maximum Gasteiger partial charge on any atom is 0.251 e. The van der Waals surface area contributed by atoms with Gasteiger partial charge in [-0.2, -0.15) is 0 Å². The van der Waals surface area contributed by atoms with Crippen LogP contribution in [0.1, 0.15) is 28.9 Å². The van der Waals surface area contributed by atoms with Gasteiger partial charge in [-0.15, -0.1) is 0 Å². The molecule has 0 aliphatic carbocycles. The van der Waals surface area contributed by atoms with Gasteiger partial charge in [0.25, 0.3) is 5.91 Å². The number of pyridine rings is 1. The van der Waals surface area contributed by atoms with Crippen LogP contribution < -0.4 is 10.2 Å². The largest absolute Gasteiger partial charge is 0.355 e. The number of aromatic nitrogens is 3. The Kier molecular flexibility index (Phi) is 4.09. The molecule has 4 rings (SSSR count). The monoisotopic (exact) mass is 335 g/mol. The number of amides is 1. The molecule has 3 heterocycles. The molecule has 1 amide bonds. The molecular weight excluding hydrogens is 314 g/mol. The van der Waals surface area contributed by atoms with Gasteiger partial charge < -0.3 is 15.2 Å². The van der Waals surface area contributed by atoms with Gasteiger partial charge in [0.1, 0.15) is 5.82 Å². The summed E-state index contributed by atoms with van der Waals surface area (Å²) < 4.78 is 0. The molecule has 6 heteroatoms. The van der Waals surface area contributed by atoms with Crippen LogP contribution in [-0.4, -0.2) is 40.0 Å². The van der Waals surface area contributed by atoms with Gasteiger partial charge in [0, 0.05) is 30.4 Å². The number of H-pyrrole nitrogens is 1. The van der Waals surface area contributed by atoms with E-state index in [9.17, 15) is 4.79 Å². The van der Waals surface area contributed by atoms with E-state index < -0.39 is 0 Å². The topological polar surface area (TPSA) is 73.9 Å². The van der Waals surface area contributed by atoms with E-state index in [4.69, 9.17) is 0 Å². The number of nitrogens with zero attached hydrogens (tertiary/aromatic N) is 3. The SMILES string of the molecule is Cc1cccc(N2CCC[C@@H](NC(=O)c3ccc4nc[nH]c4c3)C2)n1. The molecule has 6 nitrogen and oxygen atoms in total. The minimum Gasteiger partial charge on any atom is -0.355 e. The number of hydrogen-bond donors (Lipinski definition) is 2. The quantitative estimate of drug-likeness (QED) is 0.772. The number of aromatic amines is 1. The first-order chi connectivity index (χ1) is 12.2. The zero-order valence-corrected chi connectivity index (χ0v) is 14.2. The van der Waals surface area contributed by atoms with Crippen molar-refractivity contribution in [2.45, 2.75) is 25.8 Å². The number of fused-ring (bicyclic) bond motifs is 1. The van der Waals surface area contributed by atoms with Crippen LogP contribution in [-0.2, 0) is 0 Å². The maximum absolute atomic E-state index is 12.6. The van der Waals surface area contributed by atoms with Gasteiger partial charge in [-0.05, 0) is 50.1 Å². The van der Waals surface area contributed by atoms with Crippen LogP contribution in [0.2, 0.25) is 0 Å². The molecule has 3 aromatic rings. The first kappa shape index (κ1) is 15.6. The third-order valence-electron chi connectivity index (χ3n) is 4.64. The number of carbonyl (C=O) groups excluding carboxylic acids is 1. The van der Waals surface area contributed by atoms with Gasteiger partial charge in [-0.25, -0.2) is 9.97 Å². The highest BCUT2D eigenvalue weighted by Crippen LogP contribution is 2.19. The van der Waals surface area contributed by atoms with Crippen LogP contribution in [0.4, 0.5) is 5.82 Å². The zero-order chi connectivity index (χ0) is 17.2. The number of benzene rings is 1. The normalized spacial score (nSPS) is 17.6. The number of rotatable bonds is 3. The van der Waals surface area contributed by atoms with Gasteiger partial charge in [-0.1, -0.05) is 6.07 Å². The number of anilines is 1. The molecule has 2 N–H and O–H groups in total. The van der Waals surface area contributed by atoms with Crippen molar-refractivity contribution in [2.24, 2.45) is 0 Å². The summed E-state index contributed by atoms with van der Waals surface area (Å²) in [7, 11) is 0. The van der Waals surface area contributed by atoms with Gasteiger partial charge >= 0.3 is 0 Å². The lowest BCUT2D eigenvalue weighted by molar-refractivity contribution is 0.0933. The predicted molar refractivity (Wildman–Crippen MR) is 97.8 cm³/mol. The van der Waals surface area contributed by atoms with Crippen molar-refractivity contribution in [3.8, 4) is 0 Å². The standard InChI is InChI=1S/C19H21N5O/c1-13-4-2-6-18(22-13)24-9-3-5-15(11-24)23-19(25)14-7-8-16-17(10-14)21-12-20-16/h2,4,6-8,10,12,15H,3,5,9,11H2,1H3,(H,20,21)(H,23,25)/t15-/m1/s1. The predicted octanol–water partition coefficient (Wildman–Crippen LogP) is 2.67. The molecular formula is C19H21N5O. The summed E-state index contributed by atoms with van der Waals surface area (Å²) in [5.41, 5.74) is 3.41. The highest BCUT2D eigenvalue weighted by Gasteiger charge is 2.23. The number of hydrogen-bond acceptors (Lipinski definition) is 4. The molecule has 0 saturated carbocycles. The molecule has 0 unspecified atom stereocenters. The lowest BCUT2D eigenvalue weighted by atomic mass is 10.0. The fourth-order valence-corrected chi connectivity index (χ4v) is 3.35. The summed E-state index contributed by atoms with van der Waals surface area (Å²) in [5, 5.41) is 3.16. The lowest BCUT2D eigenvalue weighted by Gasteiger charge is -2.34. The summed E-state index contributed by atoms with van der Waals surface area (Å²) in [4.78, 5) is 26.7. The zero-order valence-electron chi connectivity index (χ0n) is 14.2. The van der Waals surface area contributed by atoms with Crippen molar-refractivity contribution in [1.29, 1.82) is 0 Å². The summed E-state index contributed by atoms with van der Waals surface area (Å²) in [6, 6.07) is 11.7. The van der Waals surface area contributed by atoms with Crippen LogP contribution in [0.25, 0.3) is 11.0 Å². The van der Waals surface area contributed by atoms with E-state index in [1.807, 2.05) is 43.3 Å². The Morgan fingerprint density at radius 2 is 2.24 bits per heavy atom. The first-order valence-electron chi connectivity index (χ1n) is 8.62. The van der Waals surface area contributed by atoms with E-state index in [1.54, 1.807) is 6.33 Å². The van der Waals surface area contributed by atoms with Crippen molar-refractivity contribution < 1.29 is 4.79 Å². The Hall–Kier alpha value is -2.89. The van der Waals surface area contributed by atoms with E-state index >= 15 is 0 Å². The van der Waals surface area contributed by atoms with Crippen molar-refractivity contribution in [3.05, 3.63) is 54.0 Å². The second-order valence-corrected chi connectivity index (χ2v) is 6.53. The number of piperidine rings is 1. The fraction of sp³-hybridized carbons (Fsp3) is 0.316. The average molecular weight is 335 g/mol. The molecule has 0 spiro atoms. The Balaban J connectivity index is 1.45. The third kappa shape index (κ3) is 3.33. The molecule has 1 aliphatic rings. The van der Waals surface area contributed by atoms with Crippen molar-refractivity contribution >= 4 is 22.8 Å². The van der Waals surface area contributed by atoms with Crippen molar-refractivity contribution in [2.75, 3.05) is 18.0 Å². The molecule has 0 radical (unpaired) electrons. The van der Waals surface area contributed by atoms with Crippen molar-refractivity contribution in [3.63, 3.8) is 0 Å². The van der Waals surface area contributed by atoms with Crippen molar-refractivity contribution in [1.82, 2.24) is 20.3 Å². The number of nitrogens with one attached hydrogen (secondary N) is 2. The summed E-state index contributed by atoms with van der Waals surface area (Å²) in [6.07, 6.45) is 3.67. The van der Waals surface area contributed by atoms with Crippen LogP contribution in [0.3, 0.4) is 0 Å². The van der Waals surface area contributed by atoms with Gasteiger partial charge in [0.05, 0.1) is 17.4 Å². The van der Waals surface area contributed by atoms with E-state index in [2.05, 4.69) is 25.2 Å². The number of aryl methyl sites for hydroxylation is 1. The molecule has 1 atom stereocenters. The van der Waals surface area contributed by atoms with Gasteiger partial charge in [0.15, 0.2) is 0 Å². The van der Waals surface area contributed by atoms with Crippen LogP contribution in [0.15, 0.2) is 42.7 Å². The smallest absolute Gasteiger partial charge is 0.251 e. The van der Waals surface area contributed by atoms with E-state index in [-0.39, 0.29) is 11.9 Å². The highest BCUT2D eigenvalue weighted by molar-refractivity contribution is 5.97. The number of carbonyl (C=O) groups is 1. The fourth-order valence-electron chi connectivity index (χ4n) is 3.35. The molecule has 0 bridgehead atoms. The third-order valence-corrected chi connectivity index (χ3v) is 4.64. The highest BCUT2D eigenvalue weighted by atomic mass is 16.1. The Bertz CT molecular complexity index is 903. The second kappa shape index (κ2) is 6.55. The van der Waals surface area contributed by atoms with Crippen LogP contribution >= 0.6 is 0 Å². The summed E-state index contributed by atoms with van der Waals surface area (Å²) >= 11 is 0. The second-order valence-electron chi connectivity index (χ2n) is 6.53. The molecule has 1 fully saturated rings. The average Bonchev–Trinajstić information content (AvgIpc) is 3.09. The molecule has 128 valence electrons. The van der Waals surface area contributed by atoms with Gasteiger partial charge in [-0.3, -0.25) is 4.79 Å². The summed E-state index contributed by atoms with van der Waals surface area (Å²) in [5.74, 6) is 0.943. The minimum atomic E-state index is -0.0412. The minimum absolute atomic E-state index is 0.0412. The Morgan fingerprint density at radius 3 is 3.12 bits per heavy atom. The van der Waals surface area contributed by atoms with Crippen LogP contribution in [0.5, 0.6) is 0 Å².